The van der Waals surface area contributed by atoms with Crippen LogP contribution in [0.4, 0.5) is 0 Å². The van der Waals surface area contributed by atoms with Gasteiger partial charge in [0.1, 0.15) is 6.54 Å². The van der Waals surface area contributed by atoms with E-state index >= 15 is 0 Å². The molecule has 1 rings (SSSR count). The molecule has 0 saturated carbocycles. The minimum absolute atomic E-state index is 0.0797. The Hall–Kier alpha value is -1.85. The average Bonchev–Trinajstić information content (AvgIpc) is 2.22. The molecule has 1 aromatic rings. The highest BCUT2D eigenvalue weighted by Crippen LogP contribution is 1.94. The third kappa shape index (κ3) is 4.26. The topological polar surface area (TPSA) is 84.0 Å². The van der Waals surface area contributed by atoms with Crippen molar-refractivity contribution in [2.45, 2.75) is 39.3 Å². The minimum atomic E-state index is -0.573. The summed E-state index contributed by atoms with van der Waals surface area (Å²) in [6, 6.07) is 1.30. The number of aromatic nitrogens is 2. The lowest BCUT2D eigenvalue weighted by atomic mass is 10.2. The molecule has 0 radical (unpaired) electrons. The number of carbonyl (C=O) groups is 1. The molecule has 0 unspecified atom stereocenters. The zero-order valence-electron chi connectivity index (χ0n) is 10.0. The standard InChI is InChI=1S/C11H17N3O3/c1-3-4-8(2)12-10(16)7-14-6-5-9(15)13-11(14)17/h5-6,8H,3-4,7H2,1-2H3,(H,12,16)(H,13,15,17)/t8-/m0/s1. The predicted molar refractivity (Wildman–Crippen MR) is 63.8 cm³/mol. The summed E-state index contributed by atoms with van der Waals surface area (Å²) in [6.07, 6.45) is 3.19. The number of rotatable bonds is 5. The van der Waals surface area contributed by atoms with E-state index in [-0.39, 0.29) is 18.5 Å². The molecule has 0 aromatic carbocycles. The van der Waals surface area contributed by atoms with Gasteiger partial charge in [-0.05, 0) is 13.3 Å². The fourth-order valence-electron chi connectivity index (χ4n) is 1.55. The van der Waals surface area contributed by atoms with Gasteiger partial charge in [0.15, 0.2) is 0 Å². The molecule has 94 valence electrons. The highest BCUT2D eigenvalue weighted by molar-refractivity contribution is 5.75. The van der Waals surface area contributed by atoms with Crippen LogP contribution in [0.15, 0.2) is 21.9 Å². The SMILES string of the molecule is CCC[C@H](C)NC(=O)Cn1ccc(=O)[nH]c1=O. The van der Waals surface area contributed by atoms with Gasteiger partial charge in [-0.2, -0.15) is 0 Å². The molecule has 0 aliphatic rings. The summed E-state index contributed by atoms with van der Waals surface area (Å²) in [5.74, 6) is -0.236. The Morgan fingerprint density at radius 2 is 2.24 bits per heavy atom. The fraction of sp³-hybridized carbons (Fsp3) is 0.545. The van der Waals surface area contributed by atoms with Crippen molar-refractivity contribution in [1.29, 1.82) is 0 Å². The molecule has 0 spiro atoms. The normalized spacial score (nSPS) is 12.1. The highest BCUT2D eigenvalue weighted by Gasteiger charge is 2.07. The van der Waals surface area contributed by atoms with E-state index in [0.29, 0.717) is 0 Å². The molecule has 1 aromatic heterocycles. The van der Waals surface area contributed by atoms with Crippen LogP contribution < -0.4 is 16.6 Å². The monoisotopic (exact) mass is 239 g/mol. The van der Waals surface area contributed by atoms with Gasteiger partial charge in [0.05, 0.1) is 0 Å². The second-order valence-electron chi connectivity index (χ2n) is 4.00. The van der Waals surface area contributed by atoms with Crippen LogP contribution >= 0.6 is 0 Å². The molecule has 2 N–H and O–H groups in total. The Morgan fingerprint density at radius 3 is 2.82 bits per heavy atom. The minimum Gasteiger partial charge on any atom is -0.352 e. The zero-order chi connectivity index (χ0) is 12.8. The van der Waals surface area contributed by atoms with Gasteiger partial charge in [0.2, 0.25) is 5.91 Å². The Labute approximate surface area is 98.7 Å². The second kappa shape index (κ2) is 6.03. The van der Waals surface area contributed by atoms with Crippen molar-refractivity contribution in [1.82, 2.24) is 14.9 Å². The number of nitrogens with zero attached hydrogens (tertiary/aromatic N) is 1. The molecule has 17 heavy (non-hydrogen) atoms. The maximum absolute atomic E-state index is 11.6. The van der Waals surface area contributed by atoms with Crippen molar-refractivity contribution in [3.8, 4) is 0 Å². The van der Waals surface area contributed by atoms with Crippen LogP contribution in [0.1, 0.15) is 26.7 Å². The van der Waals surface area contributed by atoms with Crippen LogP contribution in [0.2, 0.25) is 0 Å². The predicted octanol–water partition coefficient (Wildman–Crippen LogP) is -0.159. The smallest absolute Gasteiger partial charge is 0.328 e. The second-order valence-corrected chi connectivity index (χ2v) is 4.00. The van der Waals surface area contributed by atoms with Gasteiger partial charge < -0.3 is 5.32 Å². The van der Waals surface area contributed by atoms with Gasteiger partial charge in [-0.1, -0.05) is 13.3 Å². The Balaban J connectivity index is 2.62. The lowest BCUT2D eigenvalue weighted by Crippen LogP contribution is -2.38. The Kier molecular flexibility index (Phi) is 4.68. The third-order valence-electron chi connectivity index (χ3n) is 2.34. The van der Waals surface area contributed by atoms with Gasteiger partial charge in [0, 0.05) is 18.3 Å². The first-order valence-corrected chi connectivity index (χ1v) is 5.62. The number of nitrogens with one attached hydrogen (secondary N) is 2. The molecular formula is C11H17N3O3. The van der Waals surface area contributed by atoms with E-state index in [1.165, 1.54) is 12.3 Å². The van der Waals surface area contributed by atoms with E-state index in [1.54, 1.807) is 0 Å². The summed E-state index contributed by atoms with van der Waals surface area (Å²) in [6.45, 7) is 3.87. The molecule has 1 atom stereocenters. The van der Waals surface area contributed by atoms with Crippen LogP contribution in [0, 0.1) is 0 Å². The first-order valence-electron chi connectivity index (χ1n) is 5.62. The lowest BCUT2D eigenvalue weighted by Gasteiger charge is -2.13. The summed E-state index contributed by atoms with van der Waals surface area (Å²) < 4.78 is 1.16. The summed E-state index contributed by atoms with van der Waals surface area (Å²) in [5.41, 5.74) is -1.04. The van der Waals surface area contributed by atoms with Gasteiger partial charge in [-0.3, -0.25) is 19.1 Å². The molecule has 0 aliphatic heterocycles. The summed E-state index contributed by atoms with van der Waals surface area (Å²) in [5, 5.41) is 2.78. The Bertz CT molecular complexity index is 489. The molecular weight excluding hydrogens is 222 g/mol. The van der Waals surface area contributed by atoms with Crippen molar-refractivity contribution >= 4 is 5.91 Å². The molecule has 0 bridgehead atoms. The summed E-state index contributed by atoms with van der Waals surface area (Å²) in [4.78, 5) is 35.8. The molecule has 0 fully saturated rings. The third-order valence-corrected chi connectivity index (χ3v) is 2.34. The van der Waals surface area contributed by atoms with E-state index < -0.39 is 11.2 Å². The number of H-pyrrole nitrogens is 1. The quantitative estimate of drug-likeness (QED) is 0.749. The van der Waals surface area contributed by atoms with Crippen LogP contribution in [0.3, 0.4) is 0 Å². The van der Waals surface area contributed by atoms with Crippen molar-refractivity contribution < 1.29 is 4.79 Å². The van der Waals surface area contributed by atoms with Crippen molar-refractivity contribution in [3.05, 3.63) is 33.1 Å². The van der Waals surface area contributed by atoms with Gasteiger partial charge in [0.25, 0.3) is 5.56 Å². The van der Waals surface area contributed by atoms with E-state index in [0.717, 1.165) is 17.4 Å². The van der Waals surface area contributed by atoms with Gasteiger partial charge in [-0.15, -0.1) is 0 Å². The van der Waals surface area contributed by atoms with Crippen molar-refractivity contribution in [2.24, 2.45) is 0 Å². The number of aromatic amines is 1. The Morgan fingerprint density at radius 1 is 1.53 bits per heavy atom. The van der Waals surface area contributed by atoms with Crippen LogP contribution in [-0.4, -0.2) is 21.5 Å². The first-order chi connectivity index (χ1) is 8.02. The summed E-state index contributed by atoms with van der Waals surface area (Å²) in [7, 11) is 0. The lowest BCUT2D eigenvalue weighted by molar-refractivity contribution is -0.122. The molecule has 1 amide bonds. The van der Waals surface area contributed by atoms with E-state index in [1.807, 2.05) is 13.8 Å². The van der Waals surface area contributed by atoms with Gasteiger partial charge >= 0.3 is 5.69 Å². The van der Waals surface area contributed by atoms with E-state index in [2.05, 4.69) is 10.3 Å². The van der Waals surface area contributed by atoms with Crippen LogP contribution in [0.25, 0.3) is 0 Å². The number of amides is 1. The van der Waals surface area contributed by atoms with Crippen molar-refractivity contribution in [3.63, 3.8) is 0 Å². The highest BCUT2D eigenvalue weighted by atomic mass is 16.2. The fourth-order valence-corrected chi connectivity index (χ4v) is 1.55. The largest absolute Gasteiger partial charge is 0.352 e. The zero-order valence-corrected chi connectivity index (χ0v) is 10.0. The number of hydrogen-bond donors (Lipinski definition) is 2. The molecule has 0 aliphatic carbocycles. The van der Waals surface area contributed by atoms with Crippen molar-refractivity contribution in [2.75, 3.05) is 0 Å². The number of carbonyl (C=O) groups excluding carboxylic acids is 1. The maximum atomic E-state index is 11.6. The summed E-state index contributed by atoms with van der Waals surface area (Å²) >= 11 is 0. The molecule has 6 heteroatoms. The first kappa shape index (κ1) is 13.2. The van der Waals surface area contributed by atoms with Crippen LogP contribution in [-0.2, 0) is 11.3 Å². The molecule has 6 nitrogen and oxygen atoms in total. The number of hydrogen-bond acceptors (Lipinski definition) is 3. The average molecular weight is 239 g/mol. The maximum Gasteiger partial charge on any atom is 0.328 e. The molecule has 1 heterocycles. The van der Waals surface area contributed by atoms with E-state index in [4.69, 9.17) is 0 Å². The van der Waals surface area contributed by atoms with E-state index in [9.17, 15) is 14.4 Å². The molecule has 0 saturated heterocycles. The van der Waals surface area contributed by atoms with Gasteiger partial charge in [-0.25, -0.2) is 4.79 Å². The van der Waals surface area contributed by atoms with Crippen LogP contribution in [0.5, 0.6) is 0 Å².